The third-order valence-corrected chi connectivity index (χ3v) is 7.44. The van der Waals surface area contributed by atoms with Gasteiger partial charge in [-0.1, -0.05) is 11.6 Å². The Morgan fingerprint density at radius 1 is 1.15 bits per heavy atom. The van der Waals surface area contributed by atoms with Crippen LogP contribution in [0.1, 0.15) is 72.8 Å². The lowest BCUT2D eigenvalue weighted by atomic mass is 9.97. The molecule has 2 aliphatic rings. The molecule has 2 aromatic rings. The van der Waals surface area contributed by atoms with Crippen LogP contribution in [-0.4, -0.2) is 57.6 Å². The van der Waals surface area contributed by atoms with Gasteiger partial charge in [0.15, 0.2) is 0 Å². The molecule has 0 radical (unpaired) electrons. The number of amides is 3. The number of carbonyl (C=O) groups excluding carboxylic acids is 2. The third-order valence-electron chi connectivity index (χ3n) is 6.43. The van der Waals surface area contributed by atoms with Crippen LogP contribution in [0.5, 0.6) is 0 Å². The smallest absolute Gasteiger partial charge is 0.317 e. The molecule has 1 aliphatic carbocycles. The molecule has 2 N–H and O–H groups in total. The number of hydrogen-bond donors (Lipinski definition) is 2. The first-order valence-electron chi connectivity index (χ1n) is 12.1. The lowest BCUT2D eigenvalue weighted by molar-refractivity contribution is 0.0948. The van der Waals surface area contributed by atoms with Gasteiger partial charge in [-0.25, -0.2) is 14.8 Å². The first kappa shape index (κ1) is 23.5. The van der Waals surface area contributed by atoms with E-state index in [1.165, 1.54) is 31.3 Å². The van der Waals surface area contributed by atoms with Gasteiger partial charge in [-0.15, -0.1) is 11.3 Å². The topological polar surface area (TPSA) is 92.2 Å². The van der Waals surface area contributed by atoms with Crippen molar-refractivity contribution in [2.45, 2.75) is 63.8 Å². The van der Waals surface area contributed by atoms with Crippen LogP contribution >= 0.6 is 11.3 Å². The number of aromatic nitrogens is 3. The zero-order valence-electron chi connectivity index (χ0n) is 19.2. The Morgan fingerprint density at radius 3 is 2.79 bits per heavy atom. The Hall–Kier alpha value is -2.68. The fourth-order valence-corrected chi connectivity index (χ4v) is 5.43. The highest BCUT2D eigenvalue weighted by Crippen LogP contribution is 2.30. The summed E-state index contributed by atoms with van der Waals surface area (Å²) in [6.45, 7) is 3.61. The molecule has 4 rings (SSSR count). The molecule has 33 heavy (non-hydrogen) atoms. The summed E-state index contributed by atoms with van der Waals surface area (Å²) in [7, 11) is 0. The van der Waals surface area contributed by atoms with Crippen molar-refractivity contribution in [3.8, 4) is 0 Å². The summed E-state index contributed by atoms with van der Waals surface area (Å²) in [5.74, 6) is 0.197. The first-order valence-corrected chi connectivity index (χ1v) is 13.0. The van der Waals surface area contributed by atoms with Crippen LogP contribution in [0.15, 0.2) is 35.8 Å². The lowest BCUT2D eigenvalue weighted by Gasteiger charge is -2.31. The van der Waals surface area contributed by atoms with Gasteiger partial charge >= 0.3 is 6.03 Å². The number of nitrogens with zero attached hydrogens (tertiary/aromatic N) is 4. The average Bonchev–Trinajstić information content (AvgIpc) is 3.55. The van der Waals surface area contributed by atoms with Crippen molar-refractivity contribution in [3.63, 3.8) is 0 Å². The van der Waals surface area contributed by atoms with E-state index in [-0.39, 0.29) is 11.9 Å². The summed E-state index contributed by atoms with van der Waals surface area (Å²) in [6.07, 6.45) is 16.3. The van der Waals surface area contributed by atoms with Gasteiger partial charge in [0.2, 0.25) is 0 Å². The molecule has 1 fully saturated rings. The van der Waals surface area contributed by atoms with Crippen molar-refractivity contribution < 1.29 is 9.59 Å². The minimum atomic E-state index is -0.118. The van der Waals surface area contributed by atoms with E-state index in [1.807, 2.05) is 21.0 Å². The monoisotopic (exact) mass is 470 g/mol. The zero-order chi connectivity index (χ0) is 22.9. The van der Waals surface area contributed by atoms with E-state index in [9.17, 15) is 9.59 Å². The Labute approximate surface area is 199 Å². The fourth-order valence-electron chi connectivity index (χ4n) is 4.46. The molecular weight excluding hydrogens is 436 g/mol. The molecule has 3 heterocycles. The zero-order valence-corrected chi connectivity index (χ0v) is 20.0. The second kappa shape index (κ2) is 12.0. The summed E-state index contributed by atoms with van der Waals surface area (Å²) >= 11 is 1.55. The Kier molecular flexibility index (Phi) is 8.52. The van der Waals surface area contributed by atoms with E-state index in [4.69, 9.17) is 0 Å². The summed E-state index contributed by atoms with van der Waals surface area (Å²) < 4.78 is 1.99. The Morgan fingerprint density at radius 2 is 2.03 bits per heavy atom. The van der Waals surface area contributed by atoms with Gasteiger partial charge in [-0.2, -0.15) is 0 Å². The maximum absolute atomic E-state index is 12.5. The Balaban J connectivity index is 1.15. The highest BCUT2D eigenvalue weighted by Gasteiger charge is 2.26. The molecular formula is C24H34N6O2S. The van der Waals surface area contributed by atoms with Crippen LogP contribution in [-0.2, 0) is 6.54 Å². The van der Waals surface area contributed by atoms with Crippen LogP contribution in [0.3, 0.4) is 0 Å². The van der Waals surface area contributed by atoms with Gasteiger partial charge in [-0.3, -0.25) is 4.79 Å². The second-order valence-corrected chi connectivity index (χ2v) is 9.72. The maximum atomic E-state index is 12.5. The van der Waals surface area contributed by atoms with Crippen LogP contribution in [0.2, 0.25) is 0 Å². The van der Waals surface area contributed by atoms with Gasteiger partial charge < -0.3 is 20.1 Å². The number of hydrogen-bond acceptors (Lipinski definition) is 5. The number of imidazole rings is 1. The van der Waals surface area contributed by atoms with Crippen molar-refractivity contribution in [1.82, 2.24) is 30.1 Å². The summed E-state index contributed by atoms with van der Waals surface area (Å²) in [5, 5.41) is 8.88. The number of aryl methyl sites for hydroxylation is 1. The fraction of sp³-hybridized carbons (Fsp3) is 0.583. The molecule has 8 nitrogen and oxygen atoms in total. The molecule has 178 valence electrons. The van der Waals surface area contributed by atoms with Crippen molar-refractivity contribution >= 4 is 23.3 Å². The van der Waals surface area contributed by atoms with Gasteiger partial charge in [0.1, 0.15) is 5.69 Å². The van der Waals surface area contributed by atoms with Crippen molar-refractivity contribution in [2.75, 3.05) is 26.2 Å². The summed E-state index contributed by atoms with van der Waals surface area (Å²) in [4.78, 5) is 35.4. The maximum Gasteiger partial charge on any atom is 0.317 e. The van der Waals surface area contributed by atoms with Crippen LogP contribution < -0.4 is 10.6 Å². The molecule has 9 heteroatoms. The number of carbonyl (C=O) groups is 2. The van der Waals surface area contributed by atoms with Crippen molar-refractivity contribution in [3.05, 3.63) is 46.5 Å². The standard InChI is InChI=1S/C24H34N6O2S/c31-22(26-10-4-13-29-16-12-25-18-29)21-17-33-23(28-21)20-8-14-30(15-9-20)24(32)27-11-7-19-5-2-1-3-6-19/h5,12,16-18,20H,1-4,6-11,13-15H2,(H,26,31)(H,27,32). The first-order chi connectivity index (χ1) is 16.2. The molecule has 0 unspecified atom stereocenters. The molecule has 0 spiro atoms. The molecule has 0 bridgehead atoms. The average molecular weight is 471 g/mol. The van der Waals surface area contributed by atoms with Gasteiger partial charge in [0, 0.05) is 56.4 Å². The van der Waals surface area contributed by atoms with Crippen molar-refractivity contribution in [2.24, 2.45) is 0 Å². The molecule has 0 atom stereocenters. The van der Waals surface area contributed by atoms with E-state index >= 15 is 0 Å². The molecule has 2 aromatic heterocycles. The number of allylic oxidation sites excluding steroid dienone is 1. The normalized spacial score (nSPS) is 17.0. The van der Waals surface area contributed by atoms with E-state index in [1.54, 1.807) is 23.9 Å². The predicted octanol–water partition coefficient (Wildman–Crippen LogP) is 3.94. The van der Waals surface area contributed by atoms with Crippen molar-refractivity contribution in [1.29, 1.82) is 0 Å². The van der Waals surface area contributed by atoms with E-state index in [0.29, 0.717) is 18.2 Å². The third kappa shape index (κ3) is 6.90. The van der Waals surface area contributed by atoms with Crippen LogP contribution in [0, 0.1) is 0 Å². The molecule has 1 aliphatic heterocycles. The highest BCUT2D eigenvalue weighted by molar-refractivity contribution is 7.09. The molecule has 0 aromatic carbocycles. The Bertz CT molecular complexity index is 931. The number of rotatable bonds is 9. The van der Waals surface area contributed by atoms with Gasteiger partial charge in [0.05, 0.1) is 11.3 Å². The quantitative estimate of drug-likeness (QED) is 0.429. The largest absolute Gasteiger partial charge is 0.351 e. The van der Waals surface area contributed by atoms with E-state index in [2.05, 4.69) is 26.7 Å². The lowest BCUT2D eigenvalue weighted by Crippen LogP contribution is -2.44. The summed E-state index contributed by atoms with van der Waals surface area (Å²) in [5.41, 5.74) is 1.98. The minimum absolute atomic E-state index is 0.0414. The highest BCUT2D eigenvalue weighted by atomic mass is 32.1. The molecule has 3 amide bonds. The number of nitrogens with one attached hydrogen (secondary N) is 2. The SMILES string of the molecule is O=C(NCCCn1ccnc1)c1csc(C2CCN(C(=O)NCCC3=CCCCC3)CC2)n1. The minimum Gasteiger partial charge on any atom is -0.351 e. The number of urea groups is 1. The summed E-state index contributed by atoms with van der Waals surface area (Å²) in [6, 6.07) is 0.0414. The van der Waals surface area contributed by atoms with Crippen LogP contribution in [0.4, 0.5) is 4.79 Å². The van der Waals surface area contributed by atoms with Crippen LogP contribution in [0.25, 0.3) is 0 Å². The van der Waals surface area contributed by atoms with Gasteiger partial charge in [0.25, 0.3) is 5.91 Å². The molecule has 0 saturated carbocycles. The van der Waals surface area contributed by atoms with E-state index < -0.39 is 0 Å². The number of thiazole rings is 1. The second-order valence-electron chi connectivity index (χ2n) is 8.83. The molecule has 1 saturated heterocycles. The number of piperidine rings is 1. The van der Waals surface area contributed by atoms with E-state index in [0.717, 1.165) is 56.9 Å². The number of likely N-dealkylation sites (tertiary alicyclic amines) is 1. The van der Waals surface area contributed by atoms with Gasteiger partial charge in [-0.05, 0) is 51.4 Å². The predicted molar refractivity (Wildman–Crippen MR) is 129 cm³/mol.